The van der Waals surface area contributed by atoms with Crippen molar-refractivity contribution < 1.29 is 46.8 Å². The lowest BCUT2D eigenvalue weighted by Gasteiger charge is -2.18. The molecular formula is C36H37IO6S2. The number of hydrogen-bond donors (Lipinski definition) is 0. The molecule has 0 aromatic heterocycles. The van der Waals surface area contributed by atoms with Crippen molar-refractivity contribution in [3.8, 4) is 5.75 Å². The first kappa shape index (κ1) is 34.6. The molecule has 45 heavy (non-hydrogen) atoms. The fourth-order valence-corrected chi connectivity index (χ4v) is 8.29. The molecule has 0 saturated carbocycles. The highest BCUT2D eigenvalue weighted by Crippen LogP contribution is 2.33. The van der Waals surface area contributed by atoms with E-state index in [0.29, 0.717) is 5.39 Å². The second kappa shape index (κ2) is 13.6. The van der Waals surface area contributed by atoms with Crippen LogP contribution in [0.15, 0.2) is 125 Å². The summed E-state index contributed by atoms with van der Waals surface area (Å²) < 4.78 is 67.2. The van der Waals surface area contributed by atoms with Crippen LogP contribution in [-0.2, 0) is 31.1 Å². The van der Waals surface area contributed by atoms with Gasteiger partial charge in [0.2, 0.25) is 0 Å². The van der Waals surface area contributed by atoms with E-state index >= 15 is 0 Å². The van der Waals surface area contributed by atoms with Gasteiger partial charge in [0.15, 0.2) is 12.9 Å². The summed E-state index contributed by atoms with van der Waals surface area (Å²) in [4.78, 5) is -0.608. The smallest absolute Gasteiger partial charge is 0.357 e. The van der Waals surface area contributed by atoms with Gasteiger partial charge in [-0.15, -0.1) is 0 Å². The standard InChI is InChI=1S/C20H26I.C16H12O6S2/c1-19(2,3)15-7-11-17(12-8-15)21-18-13-9-16(10-14-18)20(4,5)6;17-23(18,19)15-11-5-7-12-6-4-10-14(16(12)15)22-24(20,21)13-8-2-1-3-9-13/h7-14H,1-6H3;1-11H,(H,17,18,19)/q+1;/p-1. The topological polar surface area (TPSA) is 101 Å². The molecule has 0 fully saturated rings. The Balaban J connectivity index is 0.000000207. The van der Waals surface area contributed by atoms with Crippen LogP contribution >= 0.6 is 0 Å². The van der Waals surface area contributed by atoms with E-state index in [1.54, 1.807) is 18.2 Å². The molecule has 0 bridgehead atoms. The molecule has 236 valence electrons. The molecule has 0 spiro atoms. The molecule has 0 heterocycles. The maximum Gasteiger partial charge on any atom is 0.357 e. The zero-order chi connectivity index (χ0) is 33.0. The summed E-state index contributed by atoms with van der Waals surface area (Å²) in [5.74, 6) is -0.216. The van der Waals surface area contributed by atoms with Crippen molar-refractivity contribution in [3.63, 3.8) is 0 Å². The fraction of sp³-hybridized carbons (Fsp3) is 0.222. The molecule has 0 unspecified atom stereocenters. The third kappa shape index (κ3) is 9.16. The molecule has 9 heteroatoms. The van der Waals surface area contributed by atoms with Crippen molar-refractivity contribution in [3.05, 3.63) is 134 Å². The van der Waals surface area contributed by atoms with Gasteiger partial charge >= 0.3 is 31.3 Å². The Morgan fingerprint density at radius 3 is 1.49 bits per heavy atom. The molecule has 0 saturated heterocycles. The lowest BCUT2D eigenvalue weighted by atomic mass is 9.87. The minimum Gasteiger partial charge on any atom is -0.744 e. The quantitative estimate of drug-likeness (QED) is 0.139. The lowest BCUT2D eigenvalue weighted by molar-refractivity contribution is -0.597. The zero-order valence-electron chi connectivity index (χ0n) is 26.1. The summed E-state index contributed by atoms with van der Waals surface area (Å²) in [5, 5.41) is 0.321. The monoisotopic (exact) mass is 756 g/mol. The van der Waals surface area contributed by atoms with Crippen LogP contribution in [0.4, 0.5) is 0 Å². The highest BCUT2D eigenvalue weighted by molar-refractivity contribution is 7.87. The van der Waals surface area contributed by atoms with Crippen LogP contribution in [0.3, 0.4) is 0 Å². The molecule has 0 aliphatic rings. The minimum atomic E-state index is -4.80. The van der Waals surface area contributed by atoms with E-state index in [4.69, 9.17) is 4.18 Å². The second-order valence-electron chi connectivity index (χ2n) is 12.5. The van der Waals surface area contributed by atoms with Gasteiger partial charge in [-0.1, -0.05) is 108 Å². The van der Waals surface area contributed by atoms with E-state index in [1.165, 1.54) is 60.7 Å². The Kier molecular flexibility index (Phi) is 10.5. The summed E-state index contributed by atoms with van der Waals surface area (Å²) >= 11 is -0.0703. The third-order valence-electron chi connectivity index (χ3n) is 6.97. The average molecular weight is 757 g/mol. The van der Waals surface area contributed by atoms with Crippen molar-refractivity contribution >= 4 is 31.0 Å². The van der Waals surface area contributed by atoms with E-state index in [0.717, 1.165) is 6.07 Å². The van der Waals surface area contributed by atoms with Gasteiger partial charge in [-0.3, -0.25) is 0 Å². The number of rotatable bonds is 6. The summed E-state index contributed by atoms with van der Waals surface area (Å²) in [5.41, 5.74) is 3.31. The largest absolute Gasteiger partial charge is 0.744 e. The lowest BCUT2D eigenvalue weighted by Crippen LogP contribution is -3.61. The van der Waals surface area contributed by atoms with Gasteiger partial charge in [0.1, 0.15) is 15.0 Å². The van der Waals surface area contributed by atoms with Crippen molar-refractivity contribution in [2.45, 2.75) is 62.2 Å². The van der Waals surface area contributed by atoms with Crippen molar-refractivity contribution in [1.29, 1.82) is 0 Å². The highest BCUT2D eigenvalue weighted by Gasteiger charge is 2.21. The van der Waals surface area contributed by atoms with E-state index in [1.807, 2.05) is 0 Å². The van der Waals surface area contributed by atoms with Crippen LogP contribution in [-0.4, -0.2) is 21.4 Å². The predicted octanol–water partition coefficient (Wildman–Crippen LogP) is 4.92. The second-order valence-corrected chi connectivity index (χ2v) is 18.4. The van der Waals surface area contributed by atoms with E-state index in [-0.39, 0.29) is 48.1 Å². The molecule has 0 atom stereocenters. The summed E-state index contributed by atoms with van der Waals surface area (Å²) in [6, 6.07) is 34.3. The molecule has 0 N–H and O–H groups in total. The minimum absolute atomic E-state index is 0.0606. The van der Waals surface area contributed by atoms with Gasteiger partial charge in [0, 0.05) is 5.39 Å². The first-order valence-corrected chi connectivity index (χ1v) is 19.3. The number of benzene rings is 5. The Bertz CT molecular complexity index is 1910. The maximum absolute atomic E-state index is 12.4. The molecule has 0 radical (unpaired) electrons. The molecule has 5 aromatic rings. The third-order valence-corrected chi connectivity index (χ3v) is 11.8. The number of halogens is 1. The summed E-state index contributed by atoms with van der Waals surface area (Å²) in [6.45, 7) is 13.6. The van der Waals surface area contributed by atoms with Crippen LogP contribution in [0, 0.1) is 7.14 Å². The Hall–Kier alpha value is -3.25. The van der Waals surface area contributed by atoms with Gasteiger partial charge in [-0.25, -0.2) is 8.42 Å². The van der Waals surface area contributed by atoms with Gasteiger partial charge in [-0.05, 0) is 75.9 Å². The summed E-state index contributed by atoms with van der Waals surface area (Å²) in [7, 11) is -8.96. The van der Waals surface area contributed by atoms with Gasteiger partial charge in [0.25, 0.3) is 0 Å². The fourth-order valence-electron chi connectivity index (χ4n) is 4.46. The highest BCUT2D eigenvalue weighted by atomic mass is 127. The zero-order valence-corrected chi connectivity index (χ0v) is 29.9. The van der Waals surface area contributed by atoms with Crippen LogP contribution in [0.5, 0.6) is 5.75 Å². The molecule has 0 amide bonds. The molecule has 5 aromatic carbocycles. The normalized spacial score (nSPS) is 12.3. The van der Waals surface area contributed by atoms with Crippen LogP contribution in [0.25, 0.3) is 10.8 Å². The molecular weight excluding hydrogens is 719 g/mol. The molecule has 5 rings (SSSR count). The Morgan fingerprint density at radius 1 is 0.578 bits per heavy atom. The Labute approximate surface area is 277 Å². The van der Waals surface area contributed by atoms with Gasteiger partial charge in [0.05, 0.1) is 4.90 Å². The first-order valence-electron chi connectivity index (χ1n) is 14.3. The van der Waals surface area contributed by atoms with Crippen molar-refractivity contribution in [2.75, 3.05) is 0 Å². The number of fused-ring (bicyclic) bond motifs is 1. The van der Waals surface area contributed by atoms with E-state index in [9.17, 15) is 21.4 Å². The van der Waals surface area contributed by atoms with Crippen LogP contribution < -0.4 is 25.4 Å². The van der Waals surface area contributed by atoms with E-state index in [2.05, 4.69) is 90.1 Å². The van der Waals surface area contributed by atoms with Crippen molar-refractivity contribution in [1.82, 2.24) is 0 Å². The Morgan fingerprint density at radius 2 is 1.04 bits per heavy atom. The maximum atomic E-state index is 12.4. The van der Waals surface area contributed by atoms with E-state index < -0.39 is 25.1 Å². The first-order chi connectivity index (χ1) is 20.9. The van der Waals surface area contributed by atoms with Crippen LogP contribution in [0.2, 0.25) is 0 Å². The molecule has 6 nitrogen and oxygen atoms in total. The SMILES string of the molecule is CC(C)(C)c1ccc([I+]c2ccc(C(C)(C)C)cc2)cc1.O=S(=O)([O-])c1cccc2cccc(OS(=O)(=O)c3ccccc3)c12. The average Bonchev–Trinajstić information content (AvgIpc) is 2.97. The molecule has 0 aliphatic carbocycles. The van der Waals surface area contributed by atoms with Crippen molar-refractivity contribution in [2.24, 2.45) is 0 Å². The predicted molar refractivity (Wildman–Crippen MR) is 174 cm³/mol. The molecule has 0 aliphatic heterocycles. The summed E-state index contributed by atoms with van der Waals surface area (Å²) in [6.07, 6.45) is 0. The van der Waals surface area contributed by atoms with Gasteiger partial charge < -0.3 is 8.74 Å². The van der Waals surface area contributed by atoms with Gasteiger partial charge in [-0.2, -0.15) is 8.42 Å². The van der Waals surface area contributed by atoms with Crippen LogP contribution in [0.1, 0.15) is 52.7 Å². The number of hydrogen-bond acceptors (Lipinski definition) is 6.